The van der Waals surface area contributed by atoms with E-state index < -0.39 is 0 Å². The van der Waals surface area contributed by atoms with Crippen LogP contribution in [0.25, 0.3) is 33.6 Å². The van der Waals surface area contributed by atoms with Crippen LogP contribution in [0.4, 0.5) is 0 Å². The van der Waals surface area contributed by atoms with E-state index >= 15 is 0 Å². The summed E-state index contributed by atoms with van der Waals surface area (Å²) in [6.45, 7) is 4.14. The highest BCUT2D eigenvalue weighted by atomic mass is 14.7. The first-order valence-corrected chi connectivity index (χ1v) is 9.30. The van der Waals surface area contributed by atoms with Crippen molar-refractivity contribution in [2.45, 2.75) is 13.8 Å². The number of aromatic nitrogens is 1. The van der Waals surface area contributed by atoms with Crippen molar-refractivity contribution in [1.82, 2.24) is 4.98 Å². The van der Waals surface area contributed by atoms with Crippen molar-refractivity contribution in [3.8, 4) is 39.7 Å². The number of nitrogens with zero attached hydrogens (tertiary/aromatic N) is 2. The van der Waals surface area contributed by atoms with Gasteiger partial charge in [-0.3, -0.25) is 0 Å². The molecule has 0 bridgehead atoms. The molecule has 0 spiro atoms. The molecule has 0 atom stereocenters. The van der Waals surface area contributed by atoms with Gasteiger partial charge in [-0.15, -0.1) is 0 Å². The predicted molar refractivity (Wildman–Crippen MR) is 115 cm³/mol. The number of rotatable bonds is 3. The van der Waals surface area contributed by atoms with Crippen LogP contribution in [0.3, 0.4) is 0 Å². The van der Waals surface area contributed by atoms with Crippen molar-refractivity contribution in [1.29, 1.82) is 5.26 Å². The Morgan fingerprint density at radius 1 is 0.679 bits per heavy atom. The molecule has 28 heavy (non-hydrogen) atoms. The Hall–Kier alpha value is -3.70. The molecule has 0 amide bonds. The number of nitriles is 1. The summed E-state index contributed by atoms with van der Waals surface area (Å²) >= 11 is 0. The summed E-state index contributed by atoms with van der Waals surface area (Å²) < 4.78 is 0. The minimum absolute atomic E-state index is 0.603. The molecule has 1 aromatic heterocycles. The smallest absolute Gasteiger partial charge is 0.102 e. The van der Waals surface area contributed by atoms with Gasteiger partial charge in [0, 0.05) is 16.7 Å². The molecule has 3 aromatic carbocycles. The number of pyridine rings is 1. The first kappa shape index (κ1) is 17.7. The van der Waals surface area contributed by atoms with Gasteiger partial charge in [0.25, 0.3) is 0 Å². The molecule has 0 aliphatic rings. The monoisotopic (exact) mass is 360 g/mol. The lowest BCUT2D eigenvalue weighted by atomic mass is 9.94. The molecule has 0 N–H and O–H groups in total. The highest BCUT2D eigenvalue weighted by Crippen LogP contribution is 2.34. The van der Waals surface area contributed by atoms with Crippen LogP contribution in [0.1, 0.15) is 16.7 Å². The maximum absolute atomic E-state index is 9.98. The van der Waals surface area contributed by atoms with E-state index in [4.69, 9.17) is 4.98 Å². The summed E-state index contributed by atoms with van der Waals surface area (Å²) in [6, 6.07) is 31.0. The third-order valence-corrected chi connectivity index (χ3v) is 4.89. The van der Waals surface area contributed by atoms with Crippen molar-refractivity contribution < 1.29 is 0 Å². The molecule has 0 radical (unpaired) electrons. The SMILES string of the molecule is Cc1ccc(-c2cc(-c3ccc(C)cc3)c(C#N)c(-c3ccccc3)n2)cc1. The lowest BCUT2D eigenvalue weighted by Crippen LogP contribution is -1.97. The third-order valence-electron chi connectivity index (χ3n) is 4.89. The Balaban J connectivity index is 2.01. The Morgan fingerprint density at radius 3 is 1.82 bits per heavy atom. The molecule has 0 aliphatic heterocycles. The molecule has 0 saturated carbocycles. The first-order chi connectivity index (χ1) is 13.7. The minimum atomic E-state index is 0.603. The molecule has 0 fully saturated rings. The van der Waals surface area contributed by atoms with Gasteiger partial charge in [0.15, 0.2) is 0 Å². The van der Waals surface area contributed by atoms with Crippen LogP contribution in [0.15, 0.2) is 84.9 Å². The van der Waals surface area contributed by atoms with Gasteiger partial charge in [0.05, 0.1) is 17.0 Å². The zero-order valence-corrected chi connectivity index (χ0v) is 16.0. The van der Waals surface area contributed by atoms with E-state index in [9.17, 15) is 5.26 Å². The van der Waals surface area contributed by atoms with E-state index in [2.05, 4.69) is 68.4 Å². The van der Waals surface area contributed by atoms with Gasteiger partial charge in [-0.1, -0.05) is 90.0 Å². The summed E-state index contributed by atoms with van der Waals surface area (Å²) in [5.41, 5.74) is 8.51. The molecule has 2 nitrogen and oxygen atoms in total. The van der Waals surface area contributed by atoms with E-state index in [0.717, 1.165) is 33.6 Å². The molecule has 0 saturated heterocycles. The van der Waals surface area contributed by atoms with Crippen LogP contribution in [0.5, 0.6) is 0 Å². The Bertz CT molecular complexity index is 1150. The second kappa shape index (κ2) is 7.50. The van der Waals surface area contributed by atoms with E-state index in [1.807, 2.05) is 36.4 Å². The average Bonchev–Trinajstić information content (AvgIpc) is 2.74. The van der Waals surface area contributed by atoms with Crippen molar-refractivity contribution in [3.63, 3.8) is 0 Å². The fourth-order valence-corrected chi connectivity index (χ4v) is 3.30. The standard InChI is InChI=1S/C26H20N2/c1-18-8-12-20(13-9-18)23-16-25(21-14-10-19(2)11-15-21)28-26(24(23)17-27)22-6-4-3-5-7-22/h3-16H,1-2H3. The van der Waals surface area contributed by atoms with Crippen LogP contribution in [-0.4, -0.2) is 4.98 Å². The minimum Gasteiger partial charge on any atom is -0.246 e. The molecule has 0 aliphatic carbocycles. The summed E-state index contributed by atoms with van der Waals surface area (Å²) in [5.74, 6) is 0. The normalized spacial score (nSPS) is 10.5. The molecule has 0 unspecified atom stereocenters. The molecular weight excluding hydrogens is 340 g/mol. The van der Waals surface area contributed by atoms with E-state index in [0.29, 0.717) is 5.56 Å². The maximum atomic E-state index is 9.98. The van der Waals surface area contributed by atoms with Gasteiger partial charge < -0.3 is 0 Å². The molecule has 2 heteroatoms. The lowest BCUT2D eigenvalue weighted by Gasteiger charge is -2.13. The van der Waals surface area contributed by atoms with Crippen LogP contribution in [0, 0.1) is 25.2 Å². The summed E-state index contributed by atoms with van der Waals surface area (Å²) in [4.78, 5) is 4.89. The van der Waals surface area contributed by atoms with E-state index in [1.54, 1.807) is 0 Å². The quantitative estimate of drug-likeness (QED) is 0.414. The molecular formula is C26H20N2. The number of hydrogen-bond acceptors (Lipinski definition) is 2. The van der Waals surface area contributed by atoms with Crippen molar-refractivity contribution in [3.05, 3.63) is 102 Å². The number of aryl methyl sites for hydroxylation is 2. The molecule has 134 valence electrons. The zero-order chi connectivity index (χ0) is 19.5. The van der Waals surface area contributed by atoms with Gasteiger partial charge in [-0.2, -0.15) is 5.26 Å². The fraction of sp³-hybridized carbons (Fsp3) is 0.0769. The first-order valence-electron chi connectivity index (χ1n) is 9.30. The summed E-state index contributed by atoms with van der Waals surface area (Å²) in [6.07, 6.45) is 0. The van der Waals surface area contributed by atoms with Crippen LogP contribution < -0.4 is 0 Å². The number of hydrogen-bond donors (Lipinski definition) is 0. The zero-order valence-electron chi connectivity index (χ0n) is 16.0. The third kappa shape index (κ3) is 3.43. The topological polar surface area (TPSA) is 36.7 Å². The Morgan fingerprint density at radius 2 is 1.25 bits per heavy atom. The Labute approximate surface area is 165 Å². The molecule has 4 aromatic rings. The highest BCUT2D eigenvalue weighted by Gasteiger charge is 2.16. The van der Waals surface area contributed by atoms with Crippen LogP contribution in [-0.2, 0) is 0 Å². The van der Waals surface area contributed by atoms with Crippen LogP contribution in [0.2, 0.25) is 0 Å². The maximum Gasteiger partial charge on any atom is 0.102 e. The average molecular weight is 360 g/mol. The fourth-order valence-electron chi connectivity index (χ4n) is 3.30. The van der Waals surface area contributed by atoms with Crippen molar-refractivity contribution in [2.24, 2.45) is 0 Å². The van der Waals surface area contributed by atoms with Gasteiger partial charge in [0.1, 0.15) is 6.07 Å². The highest BCUT2D eigenvalue weighted by molar-refractivity contribution is 5.83. The predicted octanol–water partition coefficient (Wildman–Crippen LogP) is 6.57. The van der Waals surface area contributed by atoms with Gasteiger partial charge in [0.2, 0.25) is 0 Å². The lowest BCUT2D eigenvalue weighted by molar-refractivity contribution is 1.29. The molecule has 4 rings (SSSR count). The van der Waals surface area contributed by atoms with Gasteiger partial charge in [-0.25, -0.2) is 4.98 Å². The second-order valence-electron chi connectivity index (χ2n) is 6.99. The van der Waals surface area contributed by atoms with Crippen LogP contribution >= 0.6 is 0 Å². The van der Waals surface area contributed by atoms with Gasteiger partial charge in [-0.05, 0) is 25.5 Å². The van der Waals surface area contributed by atoms with Crippen molar-refractivity contribution >= 4 is 0 Å². The van der Waals surface area contributed by atoms with Gasteiger partial charge >= 0.3 is 0 Å². The largest absolute Gasteiger partial charge is 0.246 e. The summed E-state index contributed by atoms with van der Waals surface area (Å²) in [5, 5.41) is 9.98. The van der Waals surface area contributed by atoms with Crippen molar-refractivity contribution in [2.75, 3.05) is 0 Å². The Kier molecular flexibility index (Phi) is 4.74. The number of benzene rings is 3. The summed E-state index contributed by atoms with van der Waals surface area (Å²) in [7, 11) is 0. The van der Waals surface area contributed by atoms with E-state index in [-0.39, 0.29) is 0 Å². The molecule has 1 heterocycles. The van der Waals surface area contributed by atoms with E-state index in [1.165, 1.54) is 11.1 Å². The second-order valence-corrected chi connectivity index (χ2v) is 6.99.